The summed E-state index contributed by atoms with van der Waals surface area (Å²) in [7, 11) is 0. The van der Waals surface area contributed by atoms with Gasteiger partial charge in [0, 0.05) is 47.5 Å². The molecule has 1 saturated heterocycles. The van der Waals surface area contributed by atoms with Gasteiger partial charge in [0.1, 0.15) is 5.82 Å². The lowest BCUT2D eigenvalue weighted by atomic mass is 9.88. The second-order valence-electron chi connectivity index (χ2n) is 11.4. The predicted octanol–water partition coefficient (Wildman–Crippen LogP) is 7.78. The van der Waals surface area contributed by atoms with Crippen molar-refractivity contribution in [2.45, 2.75) is 59.0 Å². The molecule has 5 rings (SSSR count). The summed E-state index contributed by atoms with van der Waals surface area (Å²) >= 11 is 0. The third-order valence-electron chi connectivity index (χ3n) is 8.38. The minimum Gasteiger partial charge on any atom is -0.368 e. The van der Waals surface area contributed by atoms with Crippen LogP contribution >= 0.6 is 0 Å². The Hall–Kier alpha value is -3.18. The molecule has 1 saturated carbocycles. The van der Waals surface area contributed by atoms with E-state index in [1.54, 1.807) is 6.07 Å². The van der Waals surface area contributed by atoms with E-state index in [0.717, 1.165) is 36.8 Å². The van der Waals surface area contributed by atoms with Crippen LogP contribution in [0.15, 0.2) is 66.7 Å². The van der Waals surface area contributed by atoms with Gasteiger partial charge < -0.3 is 15.6 Å². The highest BCUT2D eigenvalue weighted by Gasteiger charge is 2.32. The van der Waals surface area contributed by atoms with E-state index in [1.165, 1.54) is 61.2 Å². The number of piperidine rings is 1. The van der Waals surface area contributed by atoms with Gasteiger partial charge in [-0.3, -0.25) is 4.90 Å². The van der Waals surface area contributed by atoms with Crippen LogP contribution in [-0.4, -0.2) is 36.3 Å². The summed E-state index contributed by atoms with van der Waals surface area (Å²) in [6.07, 6.45) is 5.18. The van der Waals surface area contributed by atoms with Crippen molar-refractivity contribution < 1.29 is 4.39 Å². The molecule has 38 heavy (non-hydrogen) atoms. The molecule has 4 nitrogen and oxygen atoms in total. The zero-order chi connectivity index (χ0) is 26.6. The maximum absolute atomic E-state index is 13.6. The Morgan fingerprint density at radius 1 is 1.03 bits per heavy atom. The van der Waals surface area contributed by atoms with E-state index in [9.17, 15) is 4.39 Å². The summed E-state index contributed by atoms with van der Waals surface area (Å²) in [6.45, 7) is 10.8. The van der Waals surface area contributed by atoms with Crippen LogP contribution in [0.3, 0.4) is 0 Å². The van der Waals surface area contributed by atoms with Crippen LogP contribution < -0.4 is 10.2 Å². The minimum atomic E-state index is -0.271. The Morgan fingerprint density at radius 2 is 1.79 bits per heavy atom. The van der Waals surface area contributed by atoms with Gasteiger partial charge in [-0.2, -0.15) is 0 Å². The van der Waals surface area contributed by atoms with Gasteiger partial charge in [-0.1, -0.05) is 30.3 Å². The van der Waals surface area contributed by atoms with Crippen LogP contribution in [0.2, 0.25) is 0 Å². The van der Waals surface area contributed by atoms with Crippen molar-refractivity contribution in [1.82, 2.24) is 4.90 Å². The number of hydrogen-bond acceptors (Lipinski definition) is 4. The second kappa shape index (κ2) is 11.7. The number of likely N-dealkylation sites (tertiary alicyclic amines) is 1. The van der Waals surface area contributed by atoms with Gasteiger partial charge in [0.2, 0.25) is 0 Å². The maximum Gasteiger partial charge on any atom is 0.125 e. The predicted molar refractivity (Wildman–Crippen MR) is 157 cm³/mol. The van der Waals surface area contributed by atoms with Crippen molar-refractivity contribution in [3.05, 3.63) is 89.2 Å². The molecule has 2 aliphatic rings. The average Bonchev–Trinajstić information content (AvgIpc) is 3.73. The van der Waals surface area contributed by atoms with Crippen LogP contribution in [0.4, 0.5) is 21.5 Å². The van der Waals surface area contributed by atoms with Crippen LogP contribution in [0, 0.1) is 30.0 Å². The highest BCUT2D eigenvalue weighted by Crippen LogP contribution is 2.36. The first kappa shape index (κ1) is 26.4. The molecule has 3 aromatic rings. The van der Waals surface area contributed by atoms with E-state index in [2.05, 4.69) is 65.4 Å². The molecule has 2 N–H and O–H groups in total. The van der Waals surface area contributed by atoms with Gasteiger partial charge in [0.25, 0.3) is 0 Å². The summed E-state index contributed by atoms with van der Waals surface area (Å²) in [5, 5.41) is 11.6. The molecule has 0 amide bonds. The number of nitrogens with one attached hydrogen (secondary N) is 2. The molecule has 0 radical (unpaired) electrons. The topological polar surface area (TPSA) is 42.4 Å². The SMILES string of the molecule is CC(=N)c1cc(CN2CCC(C(C)N(CC3CC3)c3ccccc3C)CC2)ccc1Nc1cccc(F)c1. The molecule has 200 valence electrons. The number of para-hydroxylation sites is 1. The number of anilines is 3. The summed E-state index contributed by atoms with van der Waals surface area (Å²) < 4.78 is 13.6. The standard InChI is InChI=1S/C33H41FN4/c1-23-7-4-5-10-33(23)38(22-26-11-12-26)25(3)28-15-17-37(18-16-28)21-27-13-14-32(31(19-27)24(2)35)36-30-9-6-8-29(34)20-30/h4-10,13-14,19-20,25-26,28,35-36H,11-12,15-18,21-22H2,1-3H3. The first-order valence-electron chi connectivity index (χ1n) is 14.1. The average molecular weight is 513 g/mol. The van der Waals surface area contributed by atoms with Crippen molar-refractivity contribution in [2.75, 3.05) is 29.9 Å². The lowest BCUT2D eigenvalue weighted by Gasteiger charge is -2.41. The van der Waals surface area contributed by atoms with Gasteiger partial charge in [0.15, 0.2) is 0 Å². The first-order valence-corrected chi connectivity index (χ1v) is 14.1. The normalized spacial score (nSPS) is 17.3. The molecule has 0 spiro atoms. The van der Waals surface area contributed by atoms with Crippen LogP contribution in [0.5, 0.6) is 0 Å². The third-order valence-corrected chi connectivity index (χ3v) is 8.38. The zero-order valence-electron chi connectivity index (χ0n) is 23.0. The largest absolute Gasteiger partial charge is 0.368 e. The summed E-state index contributed by atoms with van der Waals surface area (Å²) in [6, 6.07) is 22.2. The Labute approximate surface area is 227 Å². The lowest BCUT2D eigenvalue weighted by Crippen LogP contribution is -2.45. The molecule has 1 atom stereocenters. The molecule has 0 bridgehead atoms. The van der Waals surface area contributed by atoms with Gasteiger partial charge in [-0.25, -0.2) is 4.39 Å². The highest BCUT2D eigenvalue weighted by atomic mass is 19.1. The number of nitrogens with zero attached hydrogens (tertiary/aromatic N) is 2. The van der Waals surface area contributed by atoms with Gasteiger partial charge in [0.05, 0.1) is 0 Å². The Kier molecular flexibility index (Phi) is 8.13. The molecule has 1 unspecified atom stereocenters. The van der Waals surface area contributed by atoms with Crippen molar-refractivity contribution in [3.63, 3.8) is 0 Å². The van der Waals surface area contributed by atoms with Crippen molar-refractivity contribution in [1.29, 1.82) is 5.41 Å². The van der Waals surface area contributed by atoms with Crippen LogP contribution in [-0.2, 0) is 6.54 Å². The molecular formula is C33H41FN4. The fourth-order valence-electron chi connectivity index (χ4n) is 5.89. The van der Waals surface area contributed by atoms with E-state index in [0.29, 0.717) is 23.4 Å². The van der Waals surface area contributed by atoms with Gasteiger partial charge in [-0.15, -0.1) is 0 Å². The Morgan fingerprint density at radius 3 is 2.47 bits per heavy atom. The molecule has 3 aromatic carbocycles. The molecule has 1 aliphatic heterocycles. The number of rotatable bonds is 10. The van der Waals surface area contributed by atoms with Gasteiger partial charge in [-0.05, 0) is 119 Å². The fourth-order valence-corrected chi connectivity index (χ4v) is 5.89. The zero-order valence-corrected chi connectivity index (χ0v) is 23.0. The van der Waals surface area contributed by atoms with E-state index < -0.39 is 0 Å². The van der Waals surface area contributed by atoms with E-state index in [1.807, 2.05) is 19.1 Å². The number of halogens is 1. The number of hydrogen-bond donors (Lipinski definition) is 2. The smallest absolute Gasteiger partial charge is 0.125 e. The van der Waals surface area contributed by atoms with E-state index in [-0.39, 0.29) is 5.82 Å². The van der Waals surface area contributed by atoms with Gasteiger partial charge >= 0.3 is 0 Å². The summed E-state index contributed by atoms with van der Waals surface area (Å²) in [4.78, 5) is 5.26. The molecule has 5 heteroatoms. The van der Waals surface area contributed by atoms with E-state index in [4.69, 9.17) is 5.41 Å². The number of aryl methyl sites for hydroxylation is 1. The monoisotopic (exact) mass is 512 g/mol. The second-order valence-corrected chi connectivity index (χ2v) is 11.4. The number of benzene rings is 3. The lowest BCUT2D eigenvalue weighted by molar-refractivity contribution is 0.163. The Balaban J connectivity index is 1.22. The van der Waals surface area contributed by atoms with Crippen LogP contribution in [0.25, 0.3) is 0 Å². The highest BCUT2D eigenvalue weighted by molar-refractivity contribution is 6.02. The molecule has 2 fully saturated rings. The van der Waals surface area contributed by atoms with Crippen molar-refractivity contribution >= 4 is 22.8 Å². The maximum atomic E-state index is 13.6. The Bertz CT molecular complexity index is 1260. The van der Waals surface area contributed by atoms with Crippen molar-refractivity contribution in [3.8, 4) is 0 Å². The third kappa shape index (κ3) is 6.44. The summed E-state index contributed by atoms with van der Waals surface area (Å²) in [5.74, 6) is 1.29. The molecular weight excluding hydrogens is 471 g/mol. The van der Waals surface area contributed by atoms with Crippen LogP contribution in [0.1, 0.15) is 56.2 Å². The quantitative estimate of drug-likeness (QED) is 0.273. The molecule has 1 aliphatic carbocycles. The minimum absolute atomic E-state index is 0.271. The fraction of sp³-hybridized carbons (Fsp3) is 0.424. The van der Waals surface area contributed by atoms with E-state index >= 15 is 0 Å². The molecule has 1 heterocycles. The summed E-state index contributed by atoms with van der Waals surface area (Å²) in [5.41, 5.74) is 6.91. The molecule has 0 aromatic heterocycles. The van der Waals surface area contributed by atoms with Crippen molar-refractivity contribution in [2.24, 2.45) is 11.8 Å². The first-order chi connectivity index (χ1) is 18.4.